The van der Waals surface area contributed by atoms with Crippen molar-refractivity contribution in [3.8, 4) is 0 Å². The minimum Gasteiger partial charge on any atom is -0.479 e. The number of hydrogen-bond donors (Lipinski definition) is 2. The van der Waals surface area contributed by atoms with Crippen LogP contribution in [0.4, 0.5) is 4.79 Å². The molecule has 1 aliphatic carbocycles. The molecule has 2 N–H and O–H groups in total. The second-order valence-electron chi connectivity index (χ2n) is 6.91. The number of amides is 2. The number of carbonyl (C=O) groups is 2. The minimum absolute atomic E-state index is 0.122. The number of benzene rings is 1. The van der Waals surface area contributed by atoms with Gasteiger partial charge in [-0.05, 0) is 36.1 Å². The van der Waals surface area contributed by atoms with Crippen LogP contribution in [-0.2, 0) is 11.3 Å². The lowest BCUT2D eigenvalue weighted by molar-refractivity contribution is -0.139. The van der Waals surface area contributed by atoms with Gasteiger partial charge in [0.15, 0.2) is 6.04 Å². The SMILES string of the molecule is O=C(O)[C@H](NC(=O)N(Cc1ccncc1)C1CCCCC1)c1ccccc1. The number of carboxylic acids is 1. The summed E-state index contributed by atoms with van der Waals surface area (Å²) in [6, 6.07) is 11.3. The second-order valence-corrected chi connectivity index (χ2v) is 6.91. The maximum Gasteiger partial charge on any atom is 0.330 e. The first-order valence-corrected chi connectivity index (χ1v) is 9.39. The van der Waals surface area contributed by atoms with Gasteiger partial charge in [-0.1, -0.05) is 49.6 Å². The monoisotopic (exact) mass is 367 g/mol. The van der Waals surface area contributed by atoms with Crippen molar-refractivity contribution in [2.45, 2.75) is 50.7 Å². The number of nitrogens with one attached hydrogen (secondary N) is 1. The molecule has 0 saturated heterocycles. The van der Waals surface area contributed by atoms with Gasteiger partial charge in [-0.2, -0.15) is 0 Å². The molecule has 6 nitrogen and oxygen atoms in total. The lowest BCUT2D eigenvalue weighted by Crippen LogP contribution is -2.48. The van der Waals surface area contributed by atoms with Gasteiger partial charge in [0.2, 0.25) is 0 Å². The Kier molecular flexibility index (Phi) is 6.41. The van der Waals surface area contributed by atoms with E-state index in [1.165, 1.54) is 6.42 Å². The Hall–Kier alpha value is -2.89. The van der Waals surface area contributed by atoms with E-state index in [-0.39, 0.29) is 12.1 Å². The van der Waals surface area contributed by atoms with Crippen LogP contribution in [0.1, 0.15) is 49.3 Å². The number of aliphatic carboxylic acids is 1. The third-order valence-corrected chi connectivity index (χ3v) is 5.03. The topological polar surface area (TPSA) is 82.5 Å². The molecule has 1 heterocycles. The molecular weight excluding hydrogens is 342 g/mol. The lowest BCUT2D eigenvalue weighted by atomic mass is 9.94. The van der Waals surface area contributed by atoms with Crippen LogP contribution in [0.3, 0.4) is 0 Å². The molecule has 0 spiro atoms. The van der Waals surface area contributed by atoms with Gasteiger partial charge in [0.1, 0.15) is 0 Å². The molecule has 0 bridgehead atoms. The quantitative estimate of drug-likeness (QED) is 0.814. The molecule has 1 aromatic heterocycles. The zero-order valence-electron chi connectivity index (χ0n) is 15.3. The molecule has 1 fully saturated rings. The van der Waals surface area contributed by atoms with Crippen LogP contribution < -0.4 is 5.32 Å². The Balaban J connectivity index is 1.79. The second kappa shape index (κ2) is 9.16. The van der Waals surface area contributed by atoms with Gasteiger partial charge in [-0.15, -0.1) is 0 Å². The Morgan fingerprint density at radius 3 is 2.37 bits per heavy atom. The number of carboxylic acid groups (broad SMARTS) is 1. The average molecular weight is 367 g/mol. The van der Waals surface area contributed by atoms with E-state index in [1.807, 2.05) is 18.2 Å². The van der Waals surface area contributed by atoms with Crippen LogP contribution in [0, 0.1) is 0 Å². The van der Waals surface area contributed by atoms with E-state index in [1.54, 1.807) is 41.6 Å². The summed E-state index contributed by atoms with van der Waals surface area (Å²) < 4.78 is 0. The van der Waals surface area contributed by atoms with E-state index >= 15 is 0 Å². The summed E-state index contributed by atoms with van der Waals surface area (Å²) >= 11 is 0. The molecule has 0 unspecified atom stereocenters. The van der Waals surface area contributed by atoms with E-state index in [9.17, 15) is 14.7 Å². The van der Waals surface area contributed by atoms with Gasteiger partial charge in [0, 0.05) is 25.0 Å². The normalized spacial score (nSPS) is 15.7. The maximum atomic E-state index is 13.1. The van der Waals surface area contributed by atoms with Crippen LogP contribution in [0.15, 0.2) is 54.9 Å². The molecule has 0 radical (unpaired) electrons. The first kappa shape index (κ1) is 18.9. The van der Waals surface area contributed by atoms with E-state index in [0.29, 0.717) is 12.1 Å². The van der Waals surface area contributed by atoms with Crippen molar-refractivity contribution in [1.29, 1.82) is 0 Å². The standard InChI is InChI=1S/C21H25N3O3/c25-20(26)19(17-7-3-1-4-8-17)23-21(27)24(18-9-5-2-6-10-18)15-16-11-13-22-14-12-16/h1,3-4,7-8,11-14,18-19H,2,5-6,9-10,15H2,(H,23,27)(H,25,26)/t19-/m1/s1. The number of aromatic nitrogens is 1. The van der Waals surface area contributed by atoms with Crippen molar-refractivity contribution in [2.75, 3.05) is 0 Å². The van der Waals surface area contributed by atoms with Crippen molar-refractivity contribution in [3.63, 3.8) is 0 Å². The Morgan fingerprint density at radius 2 is 1.74 bits per heavy atom. The Bertz CT molecular complexity index is 746. The van der Waals surface area contributed by atoms with Gasteiger partial charge < -0.3 is 15.3 Å². The number of urea groups is 1. The van der Waals surface area contributed by atoms with Gasteiger partial charge in [0.25, 0.3) is 0 Å². The highest BCUT2D eigenvalue weighted by molar-refractivity contribution is 5.83. The summed E-state index contributed by atoms with van der Waals surface area (Å²) in [5, 5.41) is 12.3. The van der Waals surface area contributed by atoms with Gasteiger partial charge in [-0.3, -0.25) is 4.98 Å². The summed E-state index contributed by atoms with van der Waals surface area (Å²) in [7, 11) is 0. The first-order chi connectivity index (χ1) is 13.1. The highest BCUT2D eigenvalue weighted by Crippen LogP contribution is 2.25. The molecule has 27 heavy (non-hydrogen) atoms. The molecule has 1 aromatic carbocycles. The van der Waals surface area contributed by atoms with Crippen molar-refractivity contribution in [3.05, 3.63) is 66.0 Å². The van der Waals surface area contributed by atoms with E-state index < -0.39 is 12.0 Å². The molecule has 1 atom stereocenters. The predicted octanol–water partition coefficient (Wildman–Crippen LogP) is 3.75. The molecule has 6 heteroatoms. The van der Waals surface area contributed by atoms with Crippen LogP contribution in [-0.4, -0.2) is 33.0 Å². The van der Waals surface area contributed by atoms with Crippen LogP contribution in [0.2, 0.25) is 0 Å². The highest BCUT2D eigenvalue weighted by Gasteiger charge is 2.29. The fourth-order valence-electron chi connectivity index (χ4n) is 3.58. The maximum absolute atomic E-state index is 13.1. The molecule has 2 amide bonds. The molecular formula is C21H25N3O3. The predicted molar refractivity (Wildman–Crippen MR) is 102 cm³/mol. The Morgan fingerprint density at radius 1 is 1.07 bits per heavy atom. The van der Waals surface area contributed by atoms with Crippen LogP contribution >= 0.6 is 0 Å². The highest BCUT2D eigenvalue weighted by atomic mass is 16.4. The largest absolute Gasteiger partial charge is 0.479 e. The zero-order chi connectivity index (χ0) is 19.1. The van der Waals surface area contributed by atoms with Gasteiger partial charge in [0.05, 0.1) is 0 Å². The van der Waals surface area contributed by atoms with Crippen molar-refractivity contribution >= 4 is 12.0 Å². The van der Waals surface area contributed by atoms with Crippen LogP contribution in [0.5, 0.6) is 0 Å². The van der Waals surface area contributed by atoms with E-state index in [4.69, 9.17) is 0 Å². The third kappa shape index (κ3) is 5.06. The summed E-state index contributed by atoms with van der Waals surface area (Å²) in [4.78, 5) is 30.6. The van der Waals surface area contributed by atoms with E-state index in [2.05, 4.69) is 10.3 Å². The smallest absolute Gasteiger partial charge is 0.330 e. The summed E-state index contributed by atoms with van der Waals surface area (Å²) in [5.74, 6) is -1.07. The minimum atomic E-state index is -1.07. The van der Waals surface area contributed by atoms with Gasteiger partial charge >= 0.3 is 12.0 Å². The van der Waals surface area contributed by atoms with Crippen molar-refractivity contribution in [1.82, 2.24) is 15.2 Å². The molecule has 1 aliphatic rings. The van der Waals surface area contributed by atoms with Crippen LogP contribution in [0.25, 0.3) is 0 Å². The van der Waals surface area contributed by atoms with Crippen molar-refractivity contribution < 1.29 is 14.7 Å². The third-order valence-electron chi connectivity index (χ3n) is 5.03. The summed E-state index contributed by atoms with van der Waals surface area (Å²) in [6.07, 6.45) is 8.66. The summed E-state index contributed by atoms with van der Waals surface area (Å²) in [6.45, 7) is 0.445. The average Bonchev–Trinajstić information content (AvgIpc) is 2.72. The number of rotatable bonds is 6. The molecule has 0 aliphatic heterocycles. The van der Waals surface area contributed by atoms with E-state index in [0.717, 1.165) is 31.2 Å². The molecule has 2 aromatic rings. The zero-order valence-corrected chi connectivity index (χ0v) is 15.3. The molecule has 142 valence electrons. The number of carbonyl (C=O) groups excluding carboxylic acids is 1. The number of hydrogen-bond acceptors (Lipinski definition) is 3. The fourth-order valence-corrected chi connectivity index (χ4v) is 3.58. The number of pyridine rings is 1. The van der Waals surface area contributed by atoms with Crippen molar-refractivity contribution in [2.24, 2.45) is 0 Å². The summed E-state index contributed by atoms with van der Waals surface area (Å²) in [5.41, 5.74) is 1.54. The Labute approximate surface area is 159 Å². The lowest BCUT2D eigenvalue weighted by Gasteiger charge is -2.35. The number of nitrogens with zero attached hydrogens (tertiary/aromatic N) is 2. The fraction of sp³-hybridized carbons (Fsp3) is 0.381. The molecule has 1 saturated carbocycles. The molecule has 3 rings (SSSR count). The van der Waals surface area contributed by atoms with Gasteiger partial charge in [-0.25, -0.2) is 9.59 Å². The first-order valence-electron chi connectivity index (χ1n) is 9.39.